The van der Waals surface area contributed by atoms with Crippen LogP contribution in [0.25, 0.3) is 0 Å². The van der Waals surface area contributed by atoms with Crippen LogP contribution in [0.4, 0.5) is 10.1 Å². The molecule has 1 saturated heterocycles. The Balaban J connectivity index is 2.31. The summed E-state index contributed by atoms with van der Waals surface area (Å²) >= 11 is 0. The number of nitrogens with two attached hydrogens (primary N) is 1. The highest BCUT2D eigenvalue weighted by Crippen LogP contribution is 2.29. The molecule has 4 heteroatoms. The lowest BCUT2D eigenvalue weighted by atomic mass is 10.0. The molecule has 2 rings (SSSR count). The van der Waals surface area contributed by atoms with Crippen molar-refractivity contribution >= 4 is 5.69 Å². The van der Waals surface area contributed by atoms with Crippen LogP contribution in [-0.2, 0) is 0 Å². The van der Waals surface area contributed by atoms with Crippen molar-refractivity contribution in [2.75, 3.05) is 31.6 Å². The first-order chi connectivity index (χ1) is 8.50. The van der Waals surface area contributed by atoms with Gasteiger partial charge in [-0.2, -0.15) is 0 Å². The molecule has 0 spiro atoms. The maximum Gasteiger partial charge on any atom is 0.130 e. The van der Waals surface area contributed by atoms with Gasteiger partial charge >= 0.3 is 0 Å². The smallest absolute Gasteiger partial charge is 0.130 e. The van der Waals surface area contributed by atoms with E-state index in [1.54, 1.807) is 6.07 Å². The maximum atomic E-state index is 13.9. The number of hydrogen-bond acceptors (Lipinski definition) is 3. The number of halogens is 1. The van der Waals surface area contributed by atoms with Gasteiger partial charge in [0.25, 0.3) is 0 Å². The van der Waals surface area contributed by atoms with Crippen molar-refractivity contribution in [1.29, 1.82) is 0 Å². The van der Waals surface area contributed by atoms with Crippen molar-refractivity contribution in [2.45, 2.75) is 25.9 Å². The highest BCUT2D eigenvalue weighted by atomic mass is 19.1. The van der Waals surface area contributed by atoms with Crippen molar-refractivity contribution < 1.29 is 4.39 Å². The van der Waals surface area contributed by atoms with E-state index in [0.29, 0.717) is 11.6 Å². The van der Waals surface area contributed by atoms with Gasteiger partial charge in [0.1, 0.15) is 5.82 Å². The van der Waals surface area contributed by atoms with Crippen LogP contribution in [0.1, 0.15) is 25.5 Å². The van der Waals surface area contributed by atoms with E-state index in [9.17, 15) is 4.39 Å². The Morgan fingerprint density at radius 3 is 2.72 bits per heavy atom. The Labute approximate surface area is 108 Å². The minimum Gasteiger partial charge on any atom is -0.368 e. The first-order valence-electron chi connectivity index (χ1n) is 6.50. The third-order valence-corrected chi connectivity index (χ3v) is 3.79. The Morgan fingerprint density at radius 1 is 1.39 bits per heavy atom. The third kappa shape index (κ3) is 2.49. The normalized spacial score (nSPS) is 23.2. The van der Waals surface area contributed by atoms with Crippen LogP contribution in [0.2, 0.25) is 0 Å². The van der Waals surface area contributed by atoms with E-state index in [2.05, 4.69) is 23.8 Å². The number of nitrogens with zero attached hydrogens (tertiary/aromatic N) is 2. The average molecular weight is 251 g/mol. The molecule has 1 aliphatic rings. The second-order valence-electron chi connectivity index (χ2n) is 5.24. The van der Waals surface area contributed by atoms with Crippen LogP contribution in [0, 0.1) is 5.82 Å². The highest BCUT2D eigenvalue weighted by Gasteiger charge is 2.24. The fourth-order valence-electron chi connectivity index (χ4n) is 2.52. The number of piperazine rings is 1. The van der Waals surface area contributed by atoms with Crippen molar-refractivity contribution in [2.24, 2.45) is 5.73 Å². The van der Waals surface area contributed by atoms with Gasteiger partial charge in [-0.15, -0.1) is 0 Å². The van der Waals surface area contributed by atoms with E-state index in [0.717, 1.165) is 25.3 Å². The summed E-state index contributed by atoms with van der Waals surface area (Å²) < 4.78 is 13.9. The lowest BCUT2D eigenvalue weighted by Crippen LogP contribution is -2.50. The minimum absolute atomic E-state index is 0.200. The van der Waals surface area contributed by atoms with Gasteiger partial charge in [-0.1, -0.05) is 6.07 Å². The topological polar surface area (TPSA) is 32.5 Å². The molecule has 0 aromatic heterocycles. The quantitative estimate of drug-likeness (QED) is 0.872. The predicted octanol–water partition coefficient (Wildman–Crippen LogP) is 1.99. The third-order valence-electron chi connectivity index (χ3n) is 3.79. The van der Waals surface area contributed by atoms with Gasteiger partial charge in [0, 0.05) is 43.0 Å². The molecule has 1 aliphatic heterocycles. The Hall–Kier alpha value is -1.13. The van der Waals surface area contributed by atoms with Crippen LogP contribution < -0.4 is 10.6 Å². The van der Waals surface area contributed by atoms with E-state index < -0.39 is 0 Å². The lowest BCUT2D eigenvalue weighted by Gasteiger charge is -2.40. The summed E-state index contributed by atoms with van der Waals surface area (Å²) in [6.45, 7) is 6.86. The average Bonchev–Trinajstić information content (AvgIpc) is 2.32. The number of rotatable bonds is 2. The molecule has 1 fully saturated rings. The monoisotopic (exact) mass is 251 g/mol. The molecule has 2 atom stereocenters. The molecule has 0 saturated carbocycles. The zero-order valence-electron chi connectivity index (χ0n) is 11.4. The Morgan fingerprint density at radius 2 is 2.11 bits per heavy atom. The molecule has 2 N–H and O–H groups in total. The van der Waals surface area contributed by atoms with E-state index in [-0.39, 0.29) is 11.9 Å². The Kier molecular flexibility index (Phi) is 3.88. The van der Waals surface area contributed by atoms with Crippen LogP contribution in [0.3, 0.4) is 0 Å². The molecule has 1 unspecified atom stereocenters. The van der Waals surface area contributed by atoms with E-state index in [1.807, 2.05) is 13.0 Å². The maximum absolute atomic E-state index is 13.9. The molecule has 0 aliphatic carbocycles. The molecule has 3 nitrogen and oxygen atoms in total. The summed E-state index contributed by atoms with van der Waals surface area (Å²) in [7, 11) is 2.13. The van der Waals surface area contributed by atoms with Gasteiger partial charge in [-0.05, 0) is 33.0 Å². The van der Waals surface area contributed by atoms with Crippen molar-refractivity contribution in [3.8, 4) is 0 Å². The van der Waals surface area contributed by atoms with Gasteiger partial charge in [-0.3, -0.25) is 0 Å². The van der Waals surface area contributed by atoms with Gasteiger partial charge in [0.15, 0.2) is 0 Å². The molecule has 0 amide bonds. The summed E-state index contributed by atoms with van der Waals surface area (Å²) in [6.07, 6.45) is 0. The number of anilines is 1. The molecule has 1 aromatic carbocycles. The van der Waals surface area contributed by atoms with Crippen LogP contribution in [0.5, 0.6) is 0 Å². The molecule has 1 heterocycles. The first-order valence-corrected chi connectivity index (χ1v) is 6.50. The summed E-state index contributed by atoms with van der Waals surface area (Å²) in [4.78, 5) is 4.56. The molecule has 1 aromatic rings. The summed E-state index contributed by atoms with van der Waals surface area (Å²) in [5, 5.41) is 0. The summed E-state index contributed by atoms with van der Waals surface area (Å²) in [5.41, 5.74) is 7.49. The highest BCUT2D eigenvalue weighted by molar-refractivity contribution is 5.56. The number of likely N-dealkylation sites (N-methyl/N-ethyl adjacent to an activating group) is 1. The minimum atomic E-state index is -0.281. The molecular weight excluding hydrogens is 229 g/mol. The Bertz CT molecular complexity index is 420. The number of benzene rings is 1. The molecule has 0 bridgehead atoms. The standard InChI is InChI=1S/C14H22FN3/c1-10-9-18(8-7-17(10)3)13-6-4-5-12(15)14(13)11(2)16/h4-6,10-11H,7-9,16H2,1-3H3/t10?,11-/m0/s1. The summed E-state index contributed by atoms with van der Waals surface area (Å²) in [5.74, 6) is -0.200. The second-order valence-corrected chi connectivity index (χ2v) is 5.24. The first kappa shape index (κ1) is 13.3. The van der Waals surface area contributed by atoms with E-state index >= 15 is 0 Å². The molecule has 0 radical (unpaired) electrons. The fraction of sp³-hybridized carbons (Fsp3) is 0.571. The molecule has 100 valence electrons. The largest absolute Gasteiger partial charge is 0.368 e. The fourth-order valence-corrected chi connectivity index (χ4v) is 2.52. The van der Waals surface area contributed by atoms with Crippen molar-refractivity contribution in [1.82, 2.24) is 4.90 Å². The number of hydrogen-bond donors (Lipinski definition) is 1. The lowest BCUT2D eigenvalue weighted by molar-refractivity contribution is 0.234. The second kappa shape index (κ2) is 5.24. The van der Waals surface area contributed by atoms with Crippen LogP contribution in [-0.4, -0.2) is 37.6 Å². The van der Waals surface area contributed by atoms with E-state index in [1.165, 1.54) is 6.07 Å². The molecule has 18 heavy (non-hydrogen) atoms. The molecular formula is C14H22FN3. The van der Waals surface area contributed by atoms with Gasteiger partial charge in [-0.25, -0.2) is 4.39 Å². The van der Waals surface area contributed by atoms with Crippen molar-refractivity contribution in [3.05, 3.63) is 29.6 Å². The summed E-state index contributed by atoms with van der Waals surface area (Å²) in [6, 6.07) is 5.42. The zero-order valence-corrected chi connectivity index (χ0v) is 11.4. The van der Waals surface area contributed by atoms with Gasteiger partial charge < -0.3 is 15.5 Å². The predicted molar refractivity (Wildman–Crippen MR) is 73.3 cm³/mol. The van der Waals surface area contributed by atoms with Gasteiger partial charge in [0.2, 0.25) is 0 Å². The van der Waals surface area contributed by atoms with E-state index in [4.69, 9.17) is 5.73 Å². The van der Waals surface area contributed by atoms with Crippen LogP contribution in [0.15, 0.2) is 18.2 Å². The zero-order chi connectivity index (χ0) is 13.3. The van der Waals surface area contributed by atoms with Crippen molar-refractivity contribution in [3.63, 3.8) is 0 Å². The van der Waals surface area contributed by atoms with Gasteiger partial charge in [0.05, 0.1) is 0 Å². The van der Waals surface area contributed by atoms with Crippen LogP contribution >= 0.6 is 0 Å². The SMILES string of the molecule is CC1CN(c2cccc(F)c2[C@H](C)N)CCN1C.